The van der Waals surface area contributed by atoms with Gasteiger partial charge < -0.3 is 15.2 Å². The molecule has 0 heterocycles. The summed E-state index contributed by atoms with van der Waals surface area (Å²) in [6.45, 7) is 3.12. The first-order valence-corrected chi connectivity index (χ1v) is 9.27. The van der Waals surface area contributed by atoms with Crippen LogP contribution in [0.2, 0.25) is 10.0 Å². The highest BCUT2D eigenvalue weighted by Crippen LogP contribution is 2.26. The number of rotatable bonds is 8. The van der Waals surface area contributed by atoms with Crippen molar-refractivity contribution < 1.29 is 9.84 Å². The van der Waals surface area contributed by atoms with Crippen LogP contribution in [0.1, 0.15) is 24.5 Å². The topological polar surface area (TPSA) is 41.5 Å². The molecule has 0 radical (unpaired) electrons. The van der Waals surface area contributed by atoms with E-state index in [9.17, 15) is 5.11 Å². The number of aliphatic hydroxyl groups is 1. The summed E-state index contributed by atoms with van der Waals surface area (Å²) in [7, 11) is 0. The molecule has 2 aromatic carbocycles. The van der Waals surface area contributed by atoms with E-state index < -0.39 is 0 Å². The van der Waals surface area contributed by atoms with E-state index in [2.05, 4.69) is 21.2 Å². The third kappa shape index (κ3) is 5.64. The van der Waals surface area contributed by atoms with Gasteiger partial charge in [0, 0.05) is 38.2 Å². The van der Waals surface area contributed by atoms with Gasteiger partial charge in [0.1, 0.15) is 12.4 Å². The largest absolute Gasteiger partial charge is 0.489 e. The first kappa shape index (κ1) is 19.5. The van der Waals surface area contributed by atoms with Crippen LogP contribution in [0.5, 0.6) is 5.75 Å². The van der Waals surface area contributed by atoms with Gasteiger partial charge in [-0.3, -0.25) is 0 Å². The fourth-order valence-corrected chi connectivity index (χ4v) is 3.09. The second-order valence-corrected chi connectivity index (χ2v) is 7.20. The molecular formula is C18H20BrCl2NO2. The van der Waals surface area contributed by atoms with Crippen molar-refractivity contribution in [1.29, 1.82) is 0 Å². The molecule has 0 spiro atoms. The third-order valence-corrected chi connectivity index (χ3v) is 4.80. The highest BCUT2D eigenvalue weighted by molar-refractivity contribution is 9.10. The first-order valence-electron chi connectivity index (χ1n) is 7.72. The molecule has 0 unspecified atom stereocenters. The maximum absolute atomic E-state index is 9.30. The molecule has 24 heavy (non-hydrogen) atoms. The van der Waals surface area contributed by atoms with Crippen molar-refractivity contribution in [2.45, 2.75) is 32.5 Å². The molecule has 0 amide bonds. The van der Waals surface area contributed by atoms with Crippen LogP contribution in [0, 0.1) is 0 Å². The Morgan fingerprint density at radius 1 is 1.17 bits per heavy atom. The average molecular weight is 433 g/mol. The Balaban J connectivity index is 2.08. The average Bonchev–Trinajstić information content (AvgIpc) is 2.56. The molecule has 1 atom stereocenters. The lowest BCUT2D eigenvalue weighted by Gasteiger charge is -2.17. The Morgan fingerprint density at radius 3 is 2.62 bits per heavy atom. The summed E-state index contributed by atoms with van der Waals surface area (Å²) in [6.07, 6.45) is 0.862. The fraction of sp³-hybridized carbons (Fsp3) is 0.333. The van der Waals surface area contributed by atoms with E-state index in [1.807, 2.05) is 31.2 Å². The summed E-state index contributed by atoms with van der Waals surface area (Å²) in [6, 6.07) is 11.3. The number of ether oxygens (including phenoxy) is 1. The summed E-state index contributed by atoms with van der Waals surface area (Å²) < 4.78 is 6.93. The Labute approximate surface area is 161 Å². The van der Waals surface area contributed by atoms with Crippen LogP contribution >= 0.6 is 39.1 Å². The standard InChI is InChI=1S/C18H20BrCl2NO2/c1-2-16(10-23)22-9-13-7-14(19)4-6-18(13)24-11-12-3-5-15(20)8-17(12)21/h3-8,16,22-23H,2,9-11H2,1H3/t16-/m1/s1. The van der Waals surface area contributed by atoms with Crippen molar-refractivity contribution in [3.63, 3.8) is 0 Å². The predicted molar refractivity (Wildman–Crippen MR) is 103 cm³/mol. The molecule has 0 aliphatic carbocycles. The molecule has 2 aromatic rings. The van der Waals surface area contributed by atoms with Crippen LogP contribution in [-0.4, -0.2) is 17.8 Å². The Morgan fingerprint density at radius 2 is 1.96 bits per heavy atom. The number of benzene rings is 2. The molecule has 0 aliphatic heterocycles. The summed E-state index contributed by atoms with van der Waals surface area (Å²) >= 11 is 15.6. The minimum absolute atomic E-state index is 0.0718. The maximum atomic E-state index is 9.30. The molecule has 0 aromatic heterocycles. The molecule has 0 saturated carbocycles. The van der Waals surface area contributed by atoms with E-state index in [1.165, 1.54) is 0 Å². The maximum Gasteiger partial charge on any atom is 0.124 e. The minimum atomic E-state index is 0.0718. The normalized spacial score (nSPS) is 12.2. The second kappa shape index (κ2) is 9.64. The van der Waals surface area contributed by atoms with Crippen molar-refractivity contribution >= 4 is 39.1 Å². The molecule has 0 saturated heterocycles. The SMILES string of the molecule is CC[C@H](CO)NCc1cc(Br)ccc1OCc1ccc(Cl)cc1Cl. The van der Waals surface area contributed by atoms with Gasteiger partial charge in [0.05, 0.1) is 6.61 Å². The lowest BCUT2D eigenvalue weighted by Crippen LogP contribution is -2.31. The van der Waals surface area contributed by atoms with Crippen LogP contribution in [0.15, 0.2) is 40.9 Å². The van der Waals surface area contributed by atoms with Gasteiger partial charge in [-0.1, -0.05) is 52.1 Å². The molecular weight excluding hydrogens is 413 g/mol. The van der Waals surface area contributed by atoms with Crippen molar-refractivity contribution in [1.82, 2.24) is 5.32 Å². The molecule has 0 aliphatic rings. The first-order chi connectivity index (χ1) is 11.5. The fourth-order valence-electron chi connectivity index (χ4n) is 2.21. The number of hydrogen-bond donors (Lipinski definition) is 2. The smallest absolute Gasteiger partial charge is 0.124 e. The van der Waals surface area contributed by atoms with Crippen LogP contribution in [-0.2, 0) is 13.2 Å². The van der Waals surface area contributed by atoms with E-state index in [-0.39, 0.29) is 12.6 Å². The summed E-state index contributed by atoms with van der Waals surface area (Å²) in [5.41, 5.74) is 1.89. The summed E-state index contributed by atoms with van der Waals surface area (Å²) in [4.78, 5) is 0. The second-order valence-electron chi connectivity index (χ2n) is 5.45. The molecule has 6 heteroatoms. The van der Waals surface area contributed by atoms with Gasteiger partial charge in [0.2, 0.25) is 0 Å². The highest BCUT2D eigenvalue weighted by Gasteiger charge is 2.10. The zero-order valence-electron chi connectivity index (χ0n) is 13.4. The number of aliphatic hydroxyl groups excluding tert-OH is 1. The van der Waals surface area contributed by atoms with Gasteiger partial charge in [-0.05, 0) is 36.8 Å². The van der Waals surface area contributed by atoms with Crippen LogP contribution in [0.3, 0.4) is 0 Å². The van der Waals surface area contributed by atoms with Gasteiger partial charge in [-0.15, -0.1) is 0 Å². The molecule has 0 bridgehead atoms. The Bertz CT molecular complexity index is 678. The van der Waals surface area contributed by atoms with Gasteiger partial charge >= 0.3 is 0 Å². The summed E-state index contributed by atoms with van der Waals surface area (Å²) in [5.74, 6) is 0.782. The molecule has 2 rings (SSSR count). The predicted octanol–water partition coefficient (Wildman–Crippen LogP) is 5.20. The van der Waals surface area contributed by atoms with E-state index >= 15 is 0 Å². The zero-order valence-corrected chi connectivity index (χ0v) is 16.5. The van der Waals surface area contributed by atoms with Crippen molar-refractivity contribution in [3.8, 4) is 5.75 Å². The lowest BCUT2D eigenvalue weighted by atomic mass is 10.1. The Kier molecular flexibility index (Phi) is 7.85. The number of hydrogen-bond acceptors (Lipinski definition) is 3. The van der Waals surface area contributed by atoms with E-state index in [1.54, 1.807) is 12.1 Å². The van der Waals surface area contributed by atoms with Crippen LogP contribution in [0.25, 0.3) is 0 Å². The van der Waals surface area contributed by atoms with Crippen LogP contribution in [0.4, 0.5) is 0 Å². The quantitative estimate of drug-likeness (QED) is 0.602. The Hall–Kier alpha value is -0.780. The summed E-state index contributed by atoms with van der Waals surface area (Å²) in [5, 5.41) is 13.8. The highest BCUT2D eigenvalue weighted by atomic mass is 79.9. The van der Waals surface area contributed by atoms with Crippen molar-refractivity contribution in [3.05, 3.63) is 62.0 Å². The van der Waals surface area contributed by atoms with E-state index in [4.69, 9.17) is 27.9 Å². The van der Waals surface area contributed by atoms with Gasteiger partial charge in [-0.25, -0.2) is 0 Å². The van der Waals surface area contributed by atoms with Crippen molar-refractivity contribution in [2.75, 3.05) is 6.61 Å². The minimum Gasteiger partial charge on any atom is -0.489 e. The van der Waals surface area contributed by atoms with E-state index in [0.29, 0.717) is 23.2 Å². The number of halogens is 3. The third-order valence-electron chi connectivity index (χ3n) is 3.72. The molecule has 2 N–H and O–H groups in total. The van der Waals surface area contributed by atoms with Gasteiger partial charge in [0.25, 0.3) is 0 Å². The van der Waals surface area contributed by atoms with Gasteiger partial charge in [0.15, 0.2) is 0 Å². The monoisotopic (exact) mass is 431 g/mol. The molecule has 130 valence electrons. The van der Waals surface area contributed by atoms with Crippen molar-refractivity contribution in [2.24, 2.45) is 0 Å². The molecule has 3 nitrogen and oxygen atoms in total. The lowest BCUT2D eigenvalue weighted by molar-refractivity contribution is 0.237. The van der Waals surface area contributed by atoms with E-state index in [0.717, 1.165) is 27.8 Å². The van der Waals surface area contributed by atoms with Crippen LogP contribution < -0.4 is 10.1 Å². The molecule has 0 fully saturated rings. The number of nitrogens with one attached hydrogen (secondary N) is 1. The zero-order chi connectivity index (χ0) is 17.5. The van der Waals surface area contributed by atoms with Gasteiger partial charge in [-0.2, -0.15) is 0 Å².